The number of rotatable bonds is 8. The summed E-state index contributed by atoms with van der Waals surface area (Å²) in [5, 5.41) is 2.96. The predicted molar refractivity (Wildman–Crippen MR) is 83.9 cm³/mol. The zero-order chi connectivity index (χ0) is 15.9. The molecular weight excluding hydrogens is 268 g/mol. The van der Waals surface area contributed by atoms with Crippen molar-refractivity contribution in [2.45, 2.75) is 26.7 Å². The Bertz CT molecular complexity index is 473. The Morgan fingerprint density at radius 3 is 2.48 bits per heavy atom. The second kappa shape index (κ2) is 7.88. The molecule has 3 N–H and O–H groups in total. The van der Waals surface area contributed by atoms with E-state index in [4.69, 9.17) is 15.2 Å². The minimum absolute atomic E-state index is 0.0333. The van der Waals surface area contributed by atoms with Crippen molar-refractivity contribution < 1.29 is 14.3 Å². The molecule has 5 nitrogen and oxygen atoms in total. The molecular formula is C16H26N2O3. The molecule has 118 valence electrons. The molecule has 21 heavy (non-hydrogen) atoms. The molecule has 0 unspecified atom stereocenters. The van der Waals surface area contributed by atoms with Crippen LogP contribution in [-0.4, -0.2) is 33.2 Å². The number of carbonyl (C=O) groups excluding carboxylic acids is 1. The monoisotopic (exact) mass is 294 g/mol. The number of nitrogens with one attached hydrogen (secondary N) is 1. The van der Waals surface area contributed by atoms with Crippen LogP contribution in [0.4, 0.5) is 0 Å². The van der Waals surface area contributed by atoms with Gasteiger partial charge in [-0.15, -0.1) is 0 Å². The SMILES string of the molecule is COc1ccc(C(=O)NCC(C)(C)CCCN)cc1OC. The highest BCUT2D eigenvalue weighted by Crippen LogP contribution is 2.27. The van der Waals surface area contributed by atoms with Gasteiger partial charge in [0.2, 0.25) is 0 Å². The quantitative estimate of drug-likeness (QED) is 0.771. The van der Waals surface area contributed by atoms with E-state index in [1.54, 1.807) is 32.4 Å². The van der Waals surface area contributed by atoms with Gasteiger partial charge in [-0.25, -0.2) is 0 Å². The van der Waals surface area contributed by atoms with E-state index in [0.29, 0.717) is 30.2 Å². The van der Waals surface area contributed by atoms with Gasteiger partial charge in [-0.3, -0.25) is 4.79 Å². The van der Waals surface area contributed by atoms with E-state index in [1.807, 2.05) is 0 Å². The predicted octanol–water partition coefficient (Wildman–Crippen LogP) is 2.20. The molecule has 0 heterocycles. The van der Waals surface area contributed by atoms with Crippen LogP contribution in [0.3, 0.4) is 0 Å². The number of hydrogen-bond donors (Lipinski definition) is 2. The second-order valence-corrected chi connectivity index (χ2v) is 5.81. The molecule has 1 rings (SSSR count). The van der Waals surface area contributed by atoms with E-state index in [9.17, 15) is 4.79 Å². The number of carbonyl (C=O) groups is 1. The van der Waals surface area contributed by atoms with E-state index in [0.717, 1.165) is 12.8 Å². The van der Waals surface area contributed by atoms with E-state index < -0.39 is 0 Å². The third-order valence-electron chi connectivity index (χ3n) is 3.43. The van der Waals surface area contributed by atoms with E-state index in [-0.39, 0.29) is 11.3 Å². The van der Waals surface area contributed by atoms with Gasteiger partial charge in [-0.2, -0.15) is 0 Å². The third-order valence-corrected chi connectivity index (χ3v) is 3.43. The molecule has 0 aliphatic rings. The molecule has 1 amide bonds. The lowest BCUT2D eigenvalue weighted by molar-refractivity contribution is 0.0934. The van der Waals surface area contributed by atoms with Gasteiger partial charge in [0.25, 0.3) is 5.91 Å². The van der Waals surface area contributed by atoms with Crippen LogP contribution >= 0.6 is 0 Å². The highest BCUT2D eigenvalue weighted by molar-refractivity contribution is 5.94. The van der Waals surface area contributed by atoms with Gasteiger partial charge in [0.15, 0.2) is 11.5 Å². The van der Waals surface area contributed by atoms with Crippen LogP contribution in [0, 0.1) is 5.41 Å². The van der Waals surface area contributed by atoms with Gasteiger partial charge >= 0.3 is 0 Å². The standard InChI is InChI=1S/C16H26N2O3/c1-16(2,8-5-9-17)11-18-15(19)12-6-7-13(20-3)14(10-12)21-4/h6-7,10H,5,8-9,11,17H2,1-4H3,(H,18,19). The zero-order valence-corrected chi connectivity index (χ0v) is 13.4. The fourth-order valence-electron chi connectivity index (χ4n) is 2.07. The molecule has 0 atom stereocenters. The molecule has 1 aromatic carbocycles. The van der Waals surface area contributed by atoms with Crippen molar-refractivity contribution in [3.8, 4) is 11.5 Å². The molecule has 0 aromatic heterocycles. The van der Waals surface area contributed by atoms with Gasteiger partial charge in [0.05, 0.1) is 14.2 Å². The first-order chi connectivity index (χ1) is 9.93. The maximum Gasteiger partial charge on any atom is 0.251 e. The molecule has 0 fully saturated rings. The number of benzene rings is 1. The summed E-state index contributed by atoms with van der Waals surface area (Å²) in [4.78, 5) is 12.2. The first-order valence-electron chi connectivity index (χ1n) is 7.14. The van der Waals surface area contributed by atoms with Crippen LogP contribution < -0.4 is 20.5 Å². The summed E-state index contributed by atoms with van der Waals surface area (Å²) in [6, 6.07) is 5.14. The normalized spacial score (nSPS) is 11.1. The lowest BCUT2D eigenvalue weighted by atomic mass is 9.87. The van der Waals surface area contributed by atoms with Crippen LogP contribution in [0.1, 0.15) is 37.0 Å². The largest absolute Gasteiger partial charge is 0.493 e. The molecule has 1 aromatic rings. The van der Waals surface area contributed by atoms with Crippen molar-refractivity contribution in [3.63, 3.8) is 0 Å². The minimum atomic E-state index is -0.114. The Hall–Kier alpha value is -1.75. The van der Waals surface area contributed by atoms with Crippen LogP contribution in [0.2, 0.25) is 0 Å². The van der Waals surface area contributed by atoms with Crippen molar-refractivity contribution >= 4 is 5.91 Å². The minimum Gasteiger partial charge on any atom is -0.493 e. The molecule has 0 spiro atoms. The zero-order valence-electron chi connectivity index (χ0n) is 13.4. The average Bonchev–Trinajstić information content (AvgIpc) is 2.50. The Balaban J connectivity index is 2.67. The Morgan fingerprint density at radius 1 is 1.24 bits per heavy atom. The first kappa shape index (κ1) is 17.3. The number of hydrogen-bond acceptors (Lipinski definition) is 4. The maximum atomic E-state index is 12.2. The summed E-state index contributed by atoms with van der Waals surface area (Å²) in [5.41, 5.74) is 6.12. The Morgan fingerprint density at radius 2 is 1.90 bits per heavy atom. The van der Waals surface area contributed by atoms with Gasteiger partial charge in [0, 0.05) is 12.1 Å². The van der Waals surface area contributed by atoms with Gasteiger partial charge in [-0.05, 0) is 43.0 Å². The van der Waals surface area contributed by atoms with Crippen molar-refractivity contribution in [1.29, 1.82) is 0 Å². The second-order valence-electron chi connectivity index (χ2n) is 5.81. The maximum absolute atomic E-state index is 12.2. The molecule has 0 aliphatic carbocycles. The number of amides is 1. The van der Waals surface area contributed by atoms with E-state index in [1.165, 1.54) is 0 Å². The number of nitrogens with two attached hydrogens (primary N) is 1. The van der Waals surface area contributed by atoms with Crippen molar-refractivity contribution in [1.82, 2.24) is 5.32 Å². The number of methoxy groups -OCH3 is 2. The lowest BCUT2D eigenvalue weighted by Crippen LogP contribution is -2.34. The lowest BCUT2D eigenvalue weighted by Gasteiger charge is -2.24. The van der Waals surface area contributed by atoms with Gasteiger partial charge in [-0.1, -0.05) is 13.8 Å². The molecule has 0 radical (unpaired) electrons. The summed E-state index contributed by atoms with van der Waals surface area (Å²) in [6.45, 7) is 5.53. The Kier molecular flexibility index (Phi) is 6.49. The molecule has 0 saturated heterocycles. The third kappa shape index (κ3) is 5.27. The number of ether oxygens (including phenoxy) is 2. The Labute approximate surface area is 126 Å². The van der Waals surface area contributed by atoms with Crippen molar-refractivity contribution in [2.75, 3.05) is 27.3 Å². The molecule has 0 saturated carbocycles. The average molecular weight is 294 g/mol. The molecule has 5 heteroatoms. The van der Waals surface area contributed by atoms with Crippen LogP contribution in [-0.2, 0) is 0 Å². The fraction of sp³-hybridized carbons (Fsp3) is 0.562. The summed E-state index contributed by atoms with van der Waals surface area (Å²) in [6.07, 6.45) is 1.94. The summed E-state index contributed by atoms with van der Waals surface area (Å²) < 4.78 is 10.4. The van der Waals surface area contributed by atoms with E-state index >= 15 is 0 Å². The fourth-order valence-corrected chi connectivity index (χ4v) is 2.07. The summed E-state index contributed by atoms with van der Waals surface area (Å²) >= 11 is 0. The van der Waals surface area contributed by atoms with Crippen LogP contribution in [0.15, 0.2) is 18.2 Å². The highest BCUT2D eigenvalue weighted by Gasteiger charge is 2.19. The van der Waals surface area contributed by atoms with Crippen molar-refractivity contribution in [3.05, 3.63) is 23.8 Å². The first-order valence-corrected chi connectivity index (χ1v) is 7.14. The smallest absolute Gasteiger partial charge is 0.251 e. The van der Waals surface area contributed by atoms with E-state index in [2.05, 4.69) is 19.2 Å². The van der Waals surface area contributed by atoms with Crippen LogP contribution in [0.25, 0.3) is 0 Å². The van der Waals surface area contributed by atoms with Crippen molar-refractivity contribution in [2.24, 2.45) is 11.1 Å². The van der Waals surface area contributed by atoms with Gasteiger partial charge in [0.1, 0.15) is 0 Å². The summed E-state index contributed by atoms with van der Waals surface area (Å²) in [7, 11) is 3.12. The molecule has 0 bridgehead atoms. The topological polar surface area (TPSA) is 73.6 Å². The van der Waals surface area contributed by atoms with Gasteiger partial charge < -0.3 is 20.5 Å². The molecule has 0 aliphatic heterocycles. The van der Waals surface area contributed by atoms with Crippen LogP contribution in [0.5, 0.6) is 11.5 Å². The summed E-state index contributed by atoms with van der Waals surface area (Å²) in [5.74, 6) is 1.04. The highest BCUT2D eigenvalue weighted by atomic mass is 16.5.